The molecule has 28 heavy (non-hydrogen) atoms. The molecule has 0 atom stereocenters. The van der Waals surface area contributed by atoms with E-state index in [1.807, 2.05) is 0 Å². The number of nitrogens with zero attached hydrogens (tertiary/aromatic N) is 1. The third-order valence-corrected chi connectivity index (χ3v) is 4.88. The van der Waals surface area contributed by atoms with Crippen LogP contribution in [-0.4, -0.2) is 22.5 Å². The van der Waals surface area contributed by atoms with E-state index in [2.05, 4.69) is 34.4 Å². The van der Waals surface area contributed by atoms with Crippen LogP contribution in [0, 0.1) is 0 Å². The summed E-state index contributed by atoms with van der Waals surface area (Å²) in [5.41, 5.74) is 0.514. The molecule has 0 aliphatic rings. The molecule has 0 radical (unpaired) electrons. The zero-order valence-corrected chi connectivity index (χ0v) is 17.9. The van der Waals surface area contributed by atoms with Gasteiger partial charge in [-0.05, 0) is 19.3 Å². The molecule has 0 aliphatic carbocycles. The Labute approximate surface area is 170 Å². The van der Waals surface area contributed by atoms with Crippen molar-refractivity contribution in [2.24, 2.45) is 0 Å². The van der Waals surface area contributed by atoms with Gasteiger partial charge in [0.2, 0.25) is 5.95 Å². The highest BCUT2D eigenvalue weighted by molar-refractivity contribution is 5.87. The van der Waals surface area contributed by atoms with E-state index in [9.17, 15) is 9.59 Å². The normalized spacial score (nSPS) is 10.8. The van der Waals surface area contributed by atoms with Crippen LogP contribution in [-0.2, 0) is 6.42 Å². The molecule has 0 spiro atoms. The number of aromatic amines is 1. The first-order valence-corrected chi connectivity index (χ1v) is 11.3. The summed E-state index contributed by atoms with van der Waals surface area (Å²) in [6, 6.07) is 1.19. The molecule has 0 saturated carbocycles. The maximum absolute atomic E-state index is 11.8. The molecule has 1 aromatic rings. The lowest BCUT2D eigenvalue weighted by Gasteiger charge is -2.07. The standard InChI is InChI=1S/C22H40N4O2/c1-3-5-7-8-9-10-11-12-13-14-15-16-19-18-20(27)25-21(24-19)26-22(28)23-17-6-4-2/h18H,3-17H2,1-2H3,(H3,23,24,25,26,27,28)/i25+1. The summed E-state index contributed by atoms with van der Waals surface area (Å²) in [4.78, 5) is 30.5. The van der Waals surface area contributed by atoms with Crippen molar-refractivity contribution in [3.05, 3.63) is 22.1 Å². The molecule has 6 heteroatoms. The average Bonchev–Trinajstić information content (AvgIpc) is 2.66. The van der Waals surface area contributed by atoms with E-state index in [-0.39, 0.29) is 17.5 Å². The highest BCUT2D eigenvalue weighted by Crippen LogP contribution is 2.12. The van der Waals surface area contributed by atoms with E-state index in [1.165, 1.54) is 63.9 Å². The fourth-order valence-corrected chi connectivity index (χ4v) is 3.20. The molecule has 0 aliphatic heterocycles. The van der Waals surface area contributed by atoms with Crippen LogP contribution < -0.4 is 16.2 Å². The lowest BCUT2D eigenvalue weighted by atomic mass is 10.0. The minimum absolute atomic E-state index is 0.222. The number of amides is 2. The summed E-state index contributed by atoms with van der Waals surface area (Å²) >= 11 is 0. The zero-order chi connectivity index (χ0) is 20.5. The number of anilines is 1. The number of hydrogen-bond acceptors (Lipinski definition) is 3. The number of aryl methyl sites for hydroxylation is 1. The molecule has 1 rings (SSSR count). The predicted octanol–water partition coefficient (Wildman–Crippen LogP) is 5.55. The van der Waals surface area contributed by atoms with Gasteiger partial charge in [-0.1, -0.05) is 84.5 Å². The van der Waals surface area contributed by atoms with E-state index in [0.29, 0.717) is 6.54 Å². The number of aromatic nitrogens is 2. The van der Waals surface area contributed by atoms with Crippen LogP contribution in [0.15, 0.2) is 10.9 Å². The van der Waals surface area contributed by atoms with Crippen LogP contribution in [0.25, 0.3) is 0 Å². The fourth-order valence-electron chi connectivity index (χ4n) is 3.20. The highest BCUT2D eigenvalue weighted by atomic mass is 16.2. The van der Waals surface area contributed by atoms with E-state index >= 15 is 0 Å². The Morgan fingerprint density at radius 3 is 2.07 bits per heavy atom. The average molecular weight is 394 g/mol. The predicted molar refractivity (Wildman–Crippen MR) is 117 cm³/mol. The lowest BCUT2D eigenvalue weighted by molar-refractivity contribution is 0.252. The van der Waals surface area contributed by atoms with E-state index < -0.39 is 0 Å². The van der Waals surface area contributed by atoms with Crippen molar-refractivity contribution < 1.29 is 4.79 Å². The fraction of sp³-hybridized carbons (Fsp3) is 0.773. The molecule has 0 saturated heterocycles. The van der Waals surface area contributed by atoms with Gasteiger partial charge in [-0.2, -0.15) is 0 Å². The van der Waals surface area contributed by atoms with E-state index in [4.69, 9.17) is 0 Å². The Kier molecular flexibility index (Phi) is 13.9. The van der Waals surface area contributed by atoms with Crippen LogP contribution in [0.1, 0.15) is 103 Å². The molecule has 2 amide bonds. The number of carbonyl (C=O) groups is 1. The number of carbonyl (C=O) groups excluding carboxylic acids is 1. The van der Waals surface area contributed by atoms with Gasteiger partial charge in [-0.3, -0.25) is 15.1 Å². The molecule has 1 aromatic heterocycles. The first-order valence-electron chi connectivity index (χ1n) is 11.3. The number of unbranched alkanes of at least 4 members (excludes halogenated alkanes) is 11. The molecule has 6 nitrogen and oxygen atoms in total. The Morgan fingerprint density at radius 1 is 0.893 bits per heavy atom. The van der Waals surface area contributed by atoms with Gasteiger partial charge in [0.25, 0.3) is 5.56 Å². The zero-order valence-electron chi connectivity index (χ0n) is 17.9. The van der Waals surface area contributed by atoms with E-state index in [1.54, 1.807) is 0 Å². The van der Waals surface area contributed by atoms with Crippen molar-refractivity contribution >= 4 is 12.0 Å². The summed E-state index contributed by atoms with van der Waals surface area (Å²) < 4.78 is 0. The highest BCUT2D eigenvalue weighted by Gasteiger charge is 2.05. The molecule has 1 heterocycles. The van der Waals surface area contributed by atoms with Gasteiger partial charge in [-0.25, -0.2) is 9.78 Å². The molecule has 160 valence electrons. The molecule has 0 unspecified atom stereocenters. The monoisotopic (exact) mass is 393 g/mol. The number of rotatable bonds is 16. The maximum Gasteiger partial charge on any atom is 0.321 e. The van der Waals surface area contributed by atoms with Crippen molar-refractivity contribution in [2.75, 3.05) is 11.9 Å². The first kappa shape index (κ1) is 24.2. The Hall–Kier alpha value is -1.85. The van der Waals surface area contributed by atoms with Gasteiger partial charge < -0.3 is 5.32 Å². The first-order chi connectivity index (χ1) is 13.7. The van der Waals surface area contributed by atoms with E-state index in [0.717, 1.165) is 37.8 Å². The van der Waals surface area contributed by atoms with Crippen molar-refractivity contribution in [1.82, 2.24) is 15.3 Å². The second-order valence-corrected chi connectivity index (χ2v) is 7.61. The second kappa shape index (κ2) is 16.1. The van der Waals surface area contributed by atoms with Crippen molar-refractivity contribution in [3.63, 3.8) is 0 Å². The summed E-state index contributed by atoms with van der Waals surface area (Å²) in [6.45, 7) is 4.94. The minimum atomic E-state index is -0.330. The van der Waals surface area contributed by atoms with Crippen molar-refractivity contribution in [3.8, 4) is 0 Å². The van der Waals surface area contributed by atoms with Crippen LogP contribution in [0.5, 0.6) is 0 Å². The Balaban J connectivity index is 2.18. The number of nitrogens with one attached hydrogen (secondary N) is 3. The topological polar surface area (TPSA) is 86.9 Å². The quantitative estimate of drug-likeness (QED) is 0.322. The smallest absolute Gasteiger partial charge is 0.321 e. The molecule has 0 fully saturated rings. The third kappa shape index (κ3) is 12.5. The van der Waals surface area contributed by atoms with Gasteiger partial charge in [0, 0.05) is 18.3 Å². The van der Waals surface area contributed by atoms with Crippen LogP contribution >= 0.6 is 0 Å². The van der Waals surface area contributed by atoms with Crippen LogP contribution in [0.3, 0.4) is 0 Å². The van der Waals surface area contributed by atoms with Gasteiger partial charge in [-0.15, -0.1) is 0 Å². The van der Waals surface area contributed by atoms with Crippen LogP contribution in [0.4, 0.5) is 10.7 Å². The Morgan fingerprint density at radius 2 is 1.46 bits per heavy atom. The molecule has 3 N–H and O–H groups in total. The van der Waals surface area contributed by atoms with Crippen molar-refractivity contribution in [2.45, 2.75) is 104 Å². The number of hydrogen-bond donors (Lipinski definition) is 3. The maximum atomic E-state index is 11.8. The Bertz CT molecular complexity index is 586. The SMILES string of the molecule is CCCCCCCCCCCCCc1cc(=O)[15nH]c(NC(=O)NCCCC)n1. The van der Waals surface area contributed by atoms with Crippen molar-refractivity contribution in [1.29, 1.82) is 0 Å². The van der Waals surface area contributed by atoms with Gasteiger partial charge >= 0.3 is 6.03 Å². The summed E-state index contributed by atoms with van der Waals surface area (Å²) in [5, 5.41) is 5.36. The molecule has 0 aromatic carbocycles. The van der Waals surface area contributed by atoms with Crippen LogP contribution in [0.2, 0.25) is 0 Å². The molecular weight excluding hydrogens is 353 g/mol. The largest absolute Gasteiger partial charge is 0.338 e. The van der Waals surface area contributed by atoms with Gasteiger partial charge in [0.1, 0.15) is 0 Å². The summed E-state index contributed by atoms with van der Waals surface area (Å²) in [7, 11) is 0. The number of H-pyrrole nitrogens is 1. The second-order valence-electron chi connectivity index (χ2n) is 7.61. The minimum Gasteiger partial charge on any atom is -0.338 e. The molecular formula is C22H40N4O2. The number of urea groups is 1. The third-order valence-electron chi connectivity index (χ3n) is 4.88. The van der Waals surface area contributed by atoms with Gasteiger partial charge in [0.15, 0.2) is 0 Å². The molecule has 0 bridgehead atoms. The summed E-state index contributed by atoms with van der Waals surface area (Å²) in [6.07, 6.45) is 16.9. The van der Waals surface area contributed by atoms with Gasteiger partial charge in [0.05, 0.1) is 0 Å². The lowest BCUT2D eigenvalue weighted by Crippen LogP contribution is -2.31. The summed E-state index contributed by atoms with van der Waals surface area (Å²) in [5.74, 6) is 0.222.